The molecule has 7 nitrogen and oxygen atoms in total. The number of carbonyl (C=O) groups is 2. The summed E-state index contributed by atoms with van der Waals surface area (Å²) in [5.41, 5.74) is 5.63. The Morgan fingerprint density at radius 2 is 2.00 bits per heavy atom. The van der Waals surface area contributed by atoms with Crippen LogP contribution in [0.1, 0.15) is 29.8 Å². The van der Waals surface area contributed by atoms with Crippen LogP contribution in [0.15, 0.2) is 12.1 Å². The van der Waals surface area contributed by atoms with E-state index in [1.165, 1.54) is 17.0 Å². The van der Waals surface area contributed by atoms with Gasteiger partial charge in [-0.15, -0.1) is 0 Å². The summed E-state index contributed by atoms with van der Waals surface area (Å²) in [5, 5.41) is 0. The average molecular weight is 398 g/mol. The Hall–Kier alpha value is -2.52. The van der Waals surface area contributed by atoms with Crippen LogP contribution in [0.4, 0.5) is 18.9 Å². The number of nitrogens with zero attached hydrogens (tertiary/aromatic N) is 3. The van der Waals surface area contributed by atoms with E-state index in [9.17, 15) is 22.8 Å². The highest BCUT2D eigenvalue weighted by molar-refractivity contribution is 5.96. The Kier molecular flexibility index (Phi) is 4.59. The zero-order valence-electron chi connectivity index (χ0n) is 15.1. The van der Waals surface area contributed by atoms with Gasteiger partial charge in [-0.05, 0) is 30.9 Å². The van der Waals surface area contributed by atoms with Gasteiger partial charge in [-0.1, -0.05) is 0 Å². The van der Waals surface area contributed by atoms with Crippen molar-refractivity contribution in [1.29, 1.82) is 0 Å². The average Bonchev–Trinajstić information content (AvgIpc) is 3.36. The number of amides is 2. The molecule has 10 heteroatoms. The second-order valence-electron chi connectivity index (χ2n) is 7.70. The minimum atomic E-state index is -2.76. The molecule has 0 radical (unpaired) electrons. The van der Waals surface area contributed by atoms with E-state index < -0.39 is 43.0 Å². The summed E-state index contributed by atoms with van der Waals surface area (Å²) in [5.74, 6) is -3.68. The van der Waals surface area contributed by atoms with Gasteiger partial charge < -0.3 is 20.3 Å². The first-order chi connectivity index (χ1) is 13.2. The number of hydrogen-bond acceptors (Lipinski definition) is 5. The number of alkyl halides is 3. The van der Waals surface area contributed by atoms with Crippen LogP contribution in [0.3, 0.4) is 0 Å². The monoisotopic (exact) mass is 398 g/mol. The largest absolute Gasteiger partial charge is 0.476 e. The van der Waals surface area contributed by atoms with Gasteiger partial charge >= 0.3 is 0 Å². The maximum absolute atomic E-state index is 13.7. The van der Waals surface area contributed by atoms with E-state index in [0.29, 0.717) is 18.2 Å². The fraction of sp³-hybridized carbons (Fsp3) is 0.611. The van der Waals surface area contributed by atoms with Gasteiger partial charge in [0, 0.05) is 6.42 Å². The molecule has 0 bridgehead atoms. The molecule has 1 aromatic heterocycles. The first kappa shape index (κ1) is 18.8. The maximum Gasteiger partial charge on any atom is 0.282 e. The summed E-state index contributed by atoms with van der Waals surface area (Å²) in [7, 11) is 0. The summed E-state index contributed by atoms with van der Waals surface area (Å²) >= 11 is 0. The fourth-order valence-corrected chi connectivity index (χ4v) is 3.49. The highest BCUT2D eigenvalue weighted by atomic mass is 19.3. The lowest BCUT2D eigenvalue weighted by Gasteiger charge is -2.40. The molecule has 28 heavy (non-hydrogen) atoms. The van der Waals surface area contributed by atoms with Crippen molar-refractivity contribution in [2.24, 2.45) is 11.7 Å². The number of rotatable bonds is 6. The number of primary amides is 1. The van der Waals surface area contributed by atoms with Crippen LogP contribution in [0, 0.1) is 5.92 Å². The van der Waals surface area contributed by atoms with E-state index in [4.69, 9.17) is 10.5 Å². The molecule has 2 N–H and O–H groups in total. The highest BCUT2D eigenvalue weighted by Crippen LogP contribution is 2.38. The van der Waals surface area contributed by atoms with Gasteiger partial charge in [0.2, 0.25) is 11.8 Å². The van der Waals surface area contributed by atoms with Crippen LogP contribution in [-0.4, -0.2) is 66.1 Å². The molecule has 3 fully saturated rings. The molecule has 1 aliphatic carbocycles. The third-order valence-corrected chi connectivity index (χ3v) is 5.24. The zero-order valence-corrected chi connectivity index (χ0v) is 15.1. The third kappa shape index (κ3) is 3.72. The lowest BCUT2D eigenvalue weighted by atomic mass is 10.1. The van der Waals surface area contributed by atoms with E-state index in [0.717, 1.165) is 17.7 Å². The maximum atomic E-state index is 13.7. The summed E-state index contributed by atoms with van der Waals surface area (Å²) < 4.78 is 45.9. The fourth-order valence-electron chi connectivity index (χ4n) is 3.49. The standard InChI is InChI=1S/C18H21F3N4O3/c19-11-5-14(15(22)26)25(6-11)17(27)12-3-4-13(24-8-18(20,21)9-24)16(23-12)28-7-10-1-2-10/h3-4,10-11,14H,1-2,5-9H2,(H2,22,26). The lowest BCUT2D eigenvalue weighted by Crippen LogP contribution is -2.56. The summed E-state index contributed by atoms with van der Waals surface area (Å²) in [6.45, 7) is -0.739. The van der Waals surface area contributed by atoms with Crippen molar-refractivity contribution in [1.82, 2.24) is 9.88 Å². The molecular weight excluding hydrogens is 377 g/mol. The third-order valence-electron chi connectivity index (χ3n) is 5.24. The van der Waals surface area contributed by atoms with Gasteiger partial charge in [0.1, 0.15) is 23.6 Å². The van der Waals surface area contributed by atoms with Crippen LogP contribution < -0.4 is 15.4 Å². The van der Waals surface area contributed by atoms with E-state index in [2.05, 4.69) is 4.98 Å². The molecular formula is C18H21F3N4O3. The SMILES string of the molecule is NC(=O)C1CC(F)CN1C(=O)c1ccc(N2CC(F)(F)C2)c(OCC2CC2)n1. The first-order valence-electron chi connectivity index (χ1n) is 9.24. The number of nitrogens with two attached hydrogens (primary N) is 1. The number of ether oxygens (including phenoxy) is 1. The van der Waals surface area contributed by atoms with Crippen LogP contribution in [0.2, 0.25) is 0 Å². The molecule has 152 valence electrons. The number of hydrogen-bond donors (Lipinski definition) is 1. The molecule has 1 aromatic rings. The molecule has 1 saturated carbocycles. The van der Waals surface area contributed by atoms with Gasteiger partial charge in [0.15, 0.2) is 0 Å². The molecule has 3 heterocycles. The van der Waals surface area contributed by atoms with Gasteiger partial charge in [0.05, 0.1) is 26.2 Å². The van der Waals surface area contributed by atoms with Gasteiger partial charge in [-0.3, -0.25) is 9.59 Å². The van der Waals surface area contributed by atoms with Gasteiger partial charge in [-0.2, -0.15) is 0 Å². The minimum Gasteiger partial charge on any atom is -0.476 e. The molecule has 0 aromatic carbocycles. The summed E-state index contributed by atoms with van der Waals surface area (Å²) in [4.78, 5) is 31.0. The Balaban J connectivity index is 1.57. The first-order valence-corrected chi connectivity index (χ1v) is 9.24. The Bertz CT molecular complexity index is 794. The molecule has 2 saturated heterocycles. The van der Waals surface area contributed by atoms with Crippen molar-refractivity contribution in [2.45, 2.75) is 37.4 Å². The zero-order chi connectivity index (χ0) is 20.1. The van der Waals surface area contributed by atoms with E-state index in [1.807, 2.05) is 0 Å². The van der Waals surface area contributed by atoms with E-state index in [1.54, 1.807) is 0 Å². The molecule has 2 atom stereocenters. The molecule has 4 rings (SSSR count). The molecule has 3 aliphatic rings. The Morgan fingerprint density at radius 3 is 2.61 bits per heavy atom. The van der Waals surface area contributed by atoms with Crippen LogP contribution in [0.25, 0.3) is 0 Å². The van der Waals surface area contributed by atoms with Crippen molar-refractivity contribution >= 4 is 17.5 Å². The number of aromatic nitrogens is 1. The molecule has 0 spiro atoms. The highest BCUT2D eigenvalue weighted by Gasteiger charge is 2.45. The summed E-state index contributed by atoms with van der Waals surface area (Å²) in [6, 6.07) is 1.84. The predicted octanol–water partition coefficient (Wildman–Crippen LogP) is 1.36. The van der Waals surface area contributed by atoms with Crippen molar-refractivity contribution in [3.05, 3.63) is 17.8 Å². The van der Waals surface area contributed by atoms with E-state index >= 15 is 0 Å². The van der Waals surface area contributed by atoms with Crippen molar-refractivity contribution in [3.8, 4) is 5.88 Å². The van der Waals surface area contributed by atoms with Crippen molar-refractivity contribution in [2.75, 3.05) is 31.1 Å². The lowest BCUT2D eigenvalue weighted by molar-refractivity contribution is -0.121. The van der Waals surface area contributed by atoms with Crippen molar-refractivity contribution < 1.29 is 27.5 Å². The number of likely N-dealkylation sites (tertiary alicyclic amines) is 1. The molecule has 2 amide bonds. The van der Waals surface area contributed by atoms with Crippen LogP contribution in [-0.2, 0) is 4.79 Å². The molecule has 2 aliphatic heterocycles. The Morgan fingerprint density at radius 1 is 1.29 bits per heavy atom. The quantitative estimate of drug-likeness (QED) is 0.782. The topological polar surface area (TPSA) is 88.8 Å². The Labute approximate surface area is 159 Å². The smallest absolute Gasteiger partial charge is 0.282 e. The minimum absolute atomic E-state index is 0.0396. The summed E-state index contributed by atoms with van der Waals surface area (Å²) in [6.07, 6.45) is 0.575. The van der Waals surface area contributed by atoms with Gasteiger partial charge in [0.25, 0.3) is 11.8 Å². The predicted molar refractivity (Wildman–Crippen MR) is 93.1 cm³/mol. The number of halogens is 3. The van der Waals surface area contributed by atoms with E-state index in [-0.39, 0.29) is 24.5 Å². The number of carbonyl (C=O) groups excluding carboxylic acids is 2. The van der Waals surface area contributed by atoms with Crippen LogP contribution >= 0.6 is 0 Å². The second-order valence-corrected chi connectivity index (χ2v) is 7.70. The number of pyridine rings is 1. The normalized spacial score (nSPS) is 26.1. The van der Waals surface area contributed by atoms with Crippen LogP contribution in [0.5, 0.6) is 5.88 Å². The molecule has 2 unspecified atom stereocenters. The van der Waals surface area contributed by atoms with Crippen molar-refractivity contribution in [3.63, 3.8) is 0 Å². The van der Waals surface area contributed by atoms with Gasteiger partial charge in [-0.25, -0.2) is 18.2 Å². The number of anilines is 1. The second kappa shape index (κ2) is 6.82.